The molecule has 28 heavy (non-hydrogen) atoms. The van der Waals surface area contributed by atoms with Gasteiger partial charge < -0.3 is 5.11 Å². The lowest BCUT2D eigenvalue weighted by molar-refractivity contribution is -0.157. The lowest BCUT2D eigenvalue weighted by Gasteiger charge is -2.45. The van der Waals surface area contributed by atoms with E-state index in [2.05, 4.69) is 0 Å². The van der Waals surface area contributed by atoms with Gasteiger partial charge in [-0.1, -0.05) is 62.4 Å². The van der Waals surface area contributed by atoms with Crippen LogP contribution in [-0.4, -0.2) is 33.8 Å². The van der Waals surface area contributed by atoms with E-state index in [1.807, 2.05) is 48.5 Å². The molecule has 1 heterocycles. The third-order valence-corrected chi connectivity index (χ3v) is 6.65. The van der Waals surface area contributed by atoms with Crippen molar-refractivity contribution in [2.45, 2.75) is 31.7 Å². The number of carboxylic acids is 1. The molecule has 2 aromatic carbocycles. The van der Waals surface area contributed by atoms with Crippen molar-refractivity contribution < 1.29 is 19.5 Å². The molecule has 2 amide bonds. The lowest BCUT2D eigenvalue weighted by Crippen LogP contribution is -2.48. The second-order valence-electron chi connectivity index (χ2n) is 8.34. The monoisotopic (exact) mass is 375 g/mol. The molecule has 1 N–H and O–H groups in total. The summed E-state index contributed by atoms with van der Waals surface area (Å²) < 4.78 is 0. The topological polar surface area (TPSA) is 74.7 Å². The zero-order valence-corrected chi connectivity index (χ0v) is 15.7. The van der Waals surface area contributed by atoms with Crippen molar-refractivity contribution in [1.29, 1.82) is 0 Å². The zero-order chi connectivity index (χ0) is 19.7. The van der Waals surface area contributed by atoms with E-state index in [1.54, 1.807) is 13.8 Å². The van der Waals surface area contributed by atoms with Gasteiger partial charge >= 0.3 is 5.97 Å². The van der Waals surface area contributed by atoms with Gasteiger partial charge in [-0.3, -0.25) is 14.5 Å². The van der Waals surface area contributed by atoms with Crippen molar-refractivity contribution in [3.8, 4) is 0 Å². The zero-order valence-electron chi connectivity index (χ0n) is 15.7. The van der Waals surface area contributed by atoms with E-state index in [1.165, 1.54) is 0 Å². The molecule has 0 spiro atoms. The fraction of sp³-hybridized carbons (Fsp3) is 0.348. The van der Waals surface area contributed by atoms with Crippen LogP contribution in [0.1, 0.15) is 47.9 Å². The summed E-state index contributed by atoms with van der Waals surface area (Å²) in [4.78, 5) is 39.9. The minimum atomic E-state index is -1.13. The average molecular weight is 375 g/mol. The molecule has 2 bridgehead atoms. The minimum Gasteiger partial charge on any atom is -0.480 e. The Morgan fingerprint density at radius 1 is 0.821 bits per heavy atom. The summed E-state index contributed by atoms with van der Waals surface area (Å²) >= 11 is 0. The quantitative estimate of drug-likeness (QED) is 0.837. The predicted molar refractivity (Wildman–Crippen MR) is 102 cm³/mol. The van der Waals surface area contributed by atoms with E-state index in [9.17, 15) is 19.5 Å². The number of benzene rings is 2. The van der Waals surface area contributed by atoms with E-state index in [4.69, 9.17) is 0 Å². The number of carbonyl (C=O) groups excluding carboxylic acids is 2. The van der Waals surface area contributed by atoms with Crippen LogP contribution in [0.15, 0.2) is 48.5 Å². The van der Waals surface area contributed by atoms with Gasteiger partial charge in [-0.25, -0.2) is 4.79 Å². The number of imide groups is 1. The van der Waals surface area contributed by atoms with Gasteiger partial charge in [0.05, 0.1) is 11.8 Å². The number of nitrogens with zero attached hydrogens (tertiary/aromatic N) is 1. The lowest BCUT2D eigenvalue weighted by atomic mass is 9.55. The van der Waals surface area contributed by atoms with Crippen LogP contribution in [0.25, 0.3) is 0 Å². The molecule has 6 rings (SSSR count). The van der Waals surface area contributed by atoms with Crippen LogP contribution in [0, 0.1) is 17.8 Å². The molecule has 0 unspecified atom stereocenters. The summed E-state index contributed by atoms with van der Waals surface area (Å²) in [7, 11) is 0. The fourth-order valence-corrected chi connectivity index (χ4v) is 5.67. The second-order valence-corrected chi connectivity index (χ2v) is 8.34. The summed E-state index contributed by atoms with van der Waals surface area (Å²) in [5.41, 5.74) is 4.36. The molecule has 1 fully saturated rings. The highest BCUT2D eigenvalue weighted by atomic mass is 16.4. The number of rotatable bonds is 3. The SMILES string of the molecule is CC(C)[C@@H](C(=O)O)N1C(=O)[C@@H]2C3c4ccccc4C(c4ccccc43)[C@H]2C1=O. The van der Waals surface area contributed by atoms with Gasteiger partial charge in [0, 0.05) is 11.8 Å². The molecule has 0 aromatic heterocycles. The van der Waals surface area contributed by atoms with Gasteiger partial charge in [0.2, 0.25) is 11.8 Å². The smallest absolute Gasteiger partial charge is 0.327 e. The molecule has 5 heteroatoms. The van der Waals surface area contributed by atoms with Crippen LogP contribution >= 0.6 is 0 Å². The maximum absolute atomic E-state index is 13.5. The van der Waals surface area contributed by atoms with Crippen LogP contribution in [-0.2, 0) is 14.4 Å². The van der Waals surface area contributed by atoms with Crippen molar-refractivity contribution in [2.24, 2.45) is 17.8 Å². The Bertz CT molecular complexity index is 911. The van der Waals surface area contributed by atoms with E-state index in [0.29, 0.717) is 0 Å². The molecule has 142 valence electrons. The molecule has 1 aliphatic heterocycles. The number of aliphatic carboxylic acids is 1. The summed E-state index contributed by atoms with van der Waals surface area (Å²) in [5.74, 6) is -3.61. The number of amides is 2. The molecular formula is C23H21NO4. The van der Waals surface area contributed by atoms with Crippen molar-refractivity contribution >= 4 is 17.8 Å². The van der Waals surface area contributed by atoms with Crippen molar-refractivity contribution in [3.63, 3.8) is 0 Å². The van der Waals surface area contributed by atoms with Gasteiger partial charge in [0.15, 0.2) is 0 Å². The molecule has 1 saturated heterocycles. The Kier molecular flexibility index (Phi) is 3.54. The normalized spacial score (nSPS) is 28.2. The molecule has 0 radical (unpaired) electrons. The maximum Gasteiger partial charge on any atom is 0.327 e. The molecule has 2 aromatic rings. The second kappa shape index (κ2) is 5.77. The van der Waals surface area contributed by atoms with Crippen LogP contribution in [0.4, 0.5) is 0 Å². The van der Waals surface area contributed by atoms with Crippen molar-refractivity contribution in [1.82, 2.24) is 4.90 Å². The molecule has 3 atom stereocenters. The number of likely N-dealkylation sites (tertiary alicyclic amines) is 1. The number of carboxylic acid groups (broad SMARTS) is 1. The molecule has 5 nitrogen and oxygen atoms in total. The van der Waals surface area contributed by atoms with Gasteiger partial charge in [0.25, 0.3) is 0 Å². The Balaban J connectivity index is 1.72. The average Bonchev–Trinajstić information content (AvgIpc) is 2.93. The van der Waals surface area contributed by atoms with Crippen molar-refractivity contribution in [3.05, 3.63) is 70.8 Å². The molecule has 4 aliphatic rings. The summed E-state index contributed by atoms with van der Waals surface area (Å²) in [6.07, 6.45) is 0. The minimum absolute atomic E-state index is 0.203. The third kappa shape index (κ3) is 1.99. The first kappa shape index (κ1) is 17.2. The van der Waals surface area contributed by atoms with Crippen molar-refractivity contribution in [2.75, 3.05) is 0 Å². The molecule has 3 aliphatic carbocycles. The van der Waals surface area contributed by atoms with Crippen LogP contribution in [0.5, 0.6) is 0 Å². The van der Waals surface area contributed by atoms with Crippen LogP contribution in [0.2, 0.25) is 0 Å². The fourth-order valence-electron chi connectivity index (χ4n) is 5.67. The van der Waals surface area contributed by atoms with E-state index >= 15 is 0 Å². The highest BCUT2D eigenvalue weighted by molar-refractivity contribution is 6.10. The Hall–Kier alpha value is -2.95. The van der Waals surface area contributed by atoms with Crippen LogP contribution < -0.4 is 0 Å². The molecular weight excluding hydrogens is 354 g/mol. The number of carbonyl (C=O) groups is 3. The molecule has 0 saturated carbocycles. The van der Waals surface area contributed by atoms with E-state index in [-0.39, 0.29) is 29.6 Å². The predicted octanol–water partition coefficient (Wildman–Crippen LogP) is 2.99. The largest absolute Gasteiger partial charge is 0.480 e. The number of hydrogen-bond acceptors (Lipinski definition) is 3. The Morgan fingerprint density at radius 3 is 1.46 bits per heavy atom. The van der Waals surface area contributed by atoms with Crippen LogP contribution in [0.3, 0.4) is 0 Å². The highest BCUT2D eigenvalue weighted by Crippen LogP contribution is 2.61. The first-order valence-corrected chi connectivity index (χ1v) is 9.70. The van der Waals surface area contributed by atoms with E-state index in [0.717, 1.165) is 27.2 Å². The summed E-state index contributed by atoms with van der Waals surface area (Å²) in [5, 5.41) is 9.72. The van der Waals surface area contributed by atoms with Gasteiger partial charge in [-0.15, -0.1) is 0 Å². The van der Waals surface area contributed by atoms with E-state index < -0.39 is 23.8 Å². The standard InChI is InChI=1S/C23H21NO4/c1-11(2)20(23(27)28)24-21(25)18-16-12-7-3-4-8-13(12)17(19(18)22(24)26)15-10-6-5-9-14(15)16/h3-11,16-20H,1-2H3,(H,27,28)/t16?,17?,18-,19-,20+/m1/s1. The first-order valence-electron chi connectivity index (χ1n) is 9.70. The van der Waals surface area contributed by atoms with Gasteiger partial charge in [-0.2, -0.15) is 0 Å². The third-order valence-electron chi connectivity index (χ3n) is 6.65. The summed E-state index contributed by atoms with van der Waals surface area (Å²) in [6.45, 7) is 3.47. The Morgan fingerprint density at radius 2 is 1.18 bits per heavy atom. The van der Waals surface area contributed by atoms with Gasteiger partial charge in [-0.05, 0) is 28.2 Å². The summed E-state index contributed by atoms with van der Waals surface area (Å²) in [6, 6.07) is 14.9. The maximum atomic E-state index is 13.5. The van der Waals surface area contributed by atoms with Gasteiger partial charge in [0.1, 0.15) is 6.04 Å². The number of hydrogen-bond donors (Lipinski definition) is 1. The first-order chi connectivity index (χ1) is 13.4. The Labute approximate surface area is 163 Å². The highest BCUT2D eigenvalue weighted by Gasteiger charge is 2.63.